The molecular weight excluding hydrogens is 184 g/mol. The van der Waals surface area contributed by atoms with Crippen molar-refractivity contribution in [2.75, 3.05) is 18.5 Å². The fourth-order valence-corrected chi connectivity index (χ4v) is 1.73. The van der Waals surface area contributed by atoms with E-state index in [9.17, 15) is 0 Å². The lowest BCUT2D eigenvalue weighted by molar-refractivity contribution is 0.661. The number of para-hydroxylation sites is 1. The average molecular weight is 206 g/mol. The lowest BCUT2D eigenvalue weighted by Crippen LogP contribution is -2.29. The van der Waals surface area contributed by atoms with Gasteiger partial charge in [-0.15, -0.1) is 0 Å². The van der Waals surface area contributed by atoms with Crippen LogP contribution in [0.5, 0.6) is 0 Å². The molecule has 0 aliphatic carbocycles. The average Bonchev–Trinajstić information content (AvgIpc) is 2.28. The van der Waals surface area contributed by atoms with Crippen molar-refractivity contribution in [3.05, 3.63) is 29.8 Å². The van der Waals surface area contributed by atoms with E-state index in [1.165, 1.54) is 11.3 Å². The van der Waals surface area contributed by atoms with Gasteiger partial charge in [-0.2, -0.15) is 0 Å². The third-order valence-electron chi connectivity index (χ3n) is 3.04. The second kappa shape index (κ2) is 5.76. The molecule has 0 aliphatic rings. The van der Waals surface area contributed by atoms with Gasteiger partial charge < -0.3 is 10.6 Å². The molecule has 0 fully saturated rings. The first-order chi connectivity index (χ1) is 7.20. The molecule has 0 saturated carbocycles. The molecule has 1 unspecified atom stereocenters. The van der Waals surface area contributed by atoms with Crippen LogP contribution in [0.15, 0.2) is 24.3 Å². The van der Waals surface area contributed by atoms with Crippen LogP contribution in [0.2, 0.25) is 0 Å². The molecule has 0 radical (unpaired) electrons. The Balaban J connectivity index is 2.91. The quantitative estimate of drug-likeness (QED) is 0.801. The van der Waals surface area contributed by atoms with Gasteiger partial charge in [0.2, 0.25) is 0 Å². The van der Waals surface area contributed by atoms with Crippen LogP contribution in [-0.2, 0) is 6.42 Å². The predicted molar refractivity (Wildman–Crippen MR) is 67.4 cm³/mol. The molecule has 0 heterocycles. The summed E-state index contributed by atoms with van der Waals surface area (Å²) in [6.45, 7) is 5.18. The second-order valence-corrected chi connectivity index (χ2v) is 4.04. The number of hydrogen-bond acceptors (Lipinski definition) is 2. The summed E-state index contributed by atoms with van der Waals surface area (Å²) < 4.78 is 0. The summed E-state index contributed by atoms with van der Waals surface area (Å²) in [6, 6.07) is 9.09. The summed E-state index contributed by atoms with van der Waals surface area (Å²) in [5.74, 6) is 0. The topological polar surface area (TPSA) is 29.3 Å². The number of hydrogen-bond donors (Lipinski definition) is 1. The van der Waals surface area contributed by atoms with Crippen LogP contribution in [0.1, 0.15) is 25.8 Å². The highest BCUT2D eigenvalue weighted by Crippen LogP contribution is 2.22. The monoisotopic (exact) mass is 206 g/mol. The molecule has 2 N–H and O–H groups in total. The number of nitrogens with zero attached hydrogens (tertiary/aromatic N) is 1. The Labute approximate surface area is 93.1 Å². The highest BCUT2D eigenvalue weighted by atomic mass is 15.1. The Morgan fingerprint density at radius 1 is 1.33 bits per heavy atom. The van der Waals surface area contributed by atoms with Crippen molar-refractivity contribution in [2.24, 2.45) is 5.73 Å². The van der Waals surface area contributed by atoms with Gasteiger partial charge in [0.05, 0.1) is 0 Å². The Kier molecular flexibility index (Phi) is 4.63. The van der Waals surface area contributed by atoms with Gasteiger partial charge in [0, 0.05) is 18.8 Å². The maximum atomic E-state index is 5.62. The lowest BCUT2D eigenvalue weighted by Gasteiger charge is -2.28. The zero-order chi connectivity index (χ0) is 11.3. The van der Waals surface area contributed by atoms with E-state index in [0.29, 0.717) is 12.6 Å². The van der Waals surface area contributed by atoms with E-state index in [0.717, 1.165) is 12.8 Å². The number of benzene rings is 1. The summed E-state index contributed by atoms with van der Waals surface area (Å²) in [6.07, 6.45) is 2.12. The Bertz CT molecular complexity index is 296. The first-order valence-electron chi connectivity index (χ1n) is 5.71. The van der Waals surface area contributed by atoms with Crippen molar-refractivity contribution in [1.29, 1.82) is 0 Å². The van der Waals surface area contributed by atoms with E-state index in [1.54, 1.807) is 0 Å². The molecule has 1 rings (SSSR count). The summed E-state index contributed by atoms with van der Waals surface area (Å²) in [5.41, 5.74) is 8.29. The zero-order valence-electron chi connectivity index (χ0n) is 10.0. The van der Waals surface area contributed by atoms with Gasteiger partial charge in [0.25, 0.3) is 0 Å². The zero-order valence-corrected chi connectivity index (χ0v) is 10.0. The van der Waals surface area contributed by atoms with Crippen LogP contribution < -0.4 is 10.6 Å². The Morgan fingerprint density at radius 3 is 2.60 bits per heavy atom. The Hall–Kier alpha value is -1.02. The molecule has 0 bridgehead atoms. The van der Waals surface area contributed by atoms with Crippen LogP contribution in [0.4, 0.5) is 5.69 Å². The molecule has 1 aromatic carbocycles. The maximum Gasteiger partial charge on any atom is 0.0399 e. The largest absolute Gasteiger partial charge is 0.372 e. The summed E-state index contributed by atoms with van der Waals surface area (Å²) in [7, 11) is 2.16. The molecular formula is C13H22N2. The van der Waals surface area contributed by atoms with Crippen LogP contribution in [-0.4, -0.2) is 19.6 Å². The summed E-state index contributed by atoms with van der Waals surface area (Å²) >= 11 is 0. The van der Waals surface area contributed by atoms with Crippen molar-refractivity contribution in [2.45, 2.75) is 32.7 Å². The molecule has 0 saturated heterocycles. The van der Waals surface area contributed by atoms with E-state index in [1.807, 2.05) is 0 Å². The van der Waals surface area contributed by atoms with Gasteiger partial charge in [0.1, 0.15) is 0 Å². The molecule has 1 aromatic rings. The minimum Gasteiger partial charge on any atom is -0.372 e. The first kappa shape index (κ1) is 12.1. The number of anilines is 1. The molecule has 0 aromatic heterocycles. The molecule has 0 aliphatic heterocycles. The standard InChI is InChI=1S/C13H22N2/c1-4-11(2)15(3)13-8-6-5-7-12(13)9-10-14/h5-8,11H,4,9-10,14H2,1-3H3. The van der Waals surface area contributed by atoms with Crippen LogP contribution >= 0.6 is 0 Å². The van der Waals surface area contributed by atoms with Crippen molar-refractivity contribution in [3.63, 3.8) is 0 Å². The SMILES string of the molecule is CCC(C)N(C)c1ccccc1CCN. The fourth-order valence-electron chi connectivity index (χ4n) is 1.73. The summed E-state index contributed by atoms with van der Waals surface area (Å²) in [5, 5.41) is 0. The molecule has 2 nitrogen and oxygen atoms in total. The minimum atomic E-state index is 0.573. The predicted octanol–water partition coefficient (Wildman–Crippen LogP) is 2.42. The van der Waals surface area contributed by atoms with E-state index < -0.39 is 0 Å². The van der Waals surface area contributed by atoms with Gasteiger partial charge in [-0.05, 0) is 37.9 Å². The smallest absolute Gasteiger partial charge is 0.0399 e. The van der Waals surface area contributed by atoms with E-state index >= 15 is 0 Å². The third-order valence-corrected chi connectivity index (χ3v) is 3.04. The second-order valence-electron chi connectivity index (χ2n) is 4.04. The summed E-state index contributed by atoms with van der Waals surface area (Å²) in [4.78, 5) is 2.34. The number of nitrogens with two attached hydrogens (primary N) is 1. The van der Waals surface area contributed by atoms with Crippen molar-refractivity contribution in [1.82, 2.24) is 0 Å². The molecule has 0 amide bonds. The third kappa shape index (κ3) is 2.96. The van der Waals surface area contributed by atoms with Gasteiger partial charge in [0.15, 0.2) is 0 Å². The van der Waals surface area contributed by atoms with E-state index in [2.05, 4.69) is 50.1 Å². The van der Waals surface area contributed by atoms with E-state index in [-0.39, 0.29) is 0 Å². The van der Waals surface area contributed by atoms with Crippen molar-refractivity contribution < 1.29 is 0 Å². The molecule has 0 spiro atoms. The molecule has 1 atom stereocenters. The highest BCUT2D eigenvalue weighted by Gasteiger charge is 2.10. The molecule has 2 heteroatoms. The Morgan fingerprint density at radius 2 is 2.00 bits per heavy atom. The van der Waals surface area contributed by atoms with Gasteiger partial charge in [-0.25, -0.2) is 0 Å². The van der Waals surface area contributed by atoms with Gasteiger partial charge in [-0.3, -0.25) is 0 Å². The lowest BCUT2D eigenvalue weighted by atomic mass is 10.1. The van der Waals surface area contributed by atoms with Crippen LogP contribution in [0.3, 0.4) is 0 Å². The first-order valence-corrected chi connectivity index (χ1v) is 5.71. The van der Waals surface area contributed by atoms with Crippen LogP contribution in [0, 0.1) is 0 Å². The van der Waals surface area contributed by atoms with Crippen molar-refractivity contribution >= 4 is 5.69 Å². The van der Waals surface area contributed by atoms with E-state index in [4.69, 9.17) is 5.73 Å². The van der Waals surface area contributed by atoms with Gasteiger partial charge >= 0.3 is 0 Å². The fraction of sp³-hybridized carbons (Fsp3) is 0.538. The number of rotatable bonds is 5. The molecule has 84 valence electrons. The maximum absolute atomic E-state index is 5.62. The minimum absolute atomic E-state index is 0.573. The normalized spacial score (nSPS) is 12.5. The molecule has 15 heavy (non-hydrogen) atoms. The van der Waals surface area contributed by atoms with Gasteiger partial charge in [-0.1, -0.05) is 25.1 Å². The van der Waals surface area contributed by atoms with Crippen molar-refractivity contribution in [3.8, 4) is 0 Å². The van der Waals surface area contributed by atoms with Crippen LogP contribution in [0.25, 0.3) is 0 Å². The highest BCUT2D eigenvalue weighted by molar-refractivity contribution is 5.53.